The van der Waals surface area contributed by atoms with Gasteiger partial charge in [-0.1, -0.05) is 17.3 Å². The summed E-state index contributed by atoms with van der Waals surface area (Å²) in [6.45, 7) is 6.91. The molecule has 0 spiro atoms. The van der Waals surface area contributed by atoms with Crippen LogP contribution in [0.3, 0.4) is 0 Å². The molecule has 0 aliphatic heterocycles. The van der Waals surface area contributed by atoms with Crippen molar-refractivity contribution in [1.29, 1.82) is 0 Å². The Morgan fingerprint density at radius 1 is 1.09 bits per heavy atom. The summed E-state index contributed by atoms with van der Waals surface area (Å²) in [6.07, 6.45) is 0. The Kier molecular flexibility index (Phi) is 6.23. The molecule has 0 aliphatic carbocycles. The summed E-state index contributed by atoms with van der Waals surface area (Å²) in [4.78, 5) is 17.7. The number of aromatic nitrogens is 2. The van der Waals surface area contributed by atoms with Gasteiger partial charge in [-0.15, -0.1) is 0 Å². The minimum absolute atomic E-state index is 0.233. The van der Waals surface area contributed by atoms with E-state index in [1.165, 1.54) is 0 Å². The van der Waals surface area contributed by atoms with Crippen molar-refractivity contribution >= 4 is 17.0 Å². The number of nitrogens with one attached hydrogen (secondary N) is 1. The first-order valence-electron chi connectivity index (χ1n) is 10.3. The van der Waals surface area contributed by atoms with Gasteiger partial charge < -0.3 is 23.7 Å². The molecule has 0 fully saturated rings. The number of aryl methyl sites for hydroxylation is 3. The van der Waals surface area contributed by atoms with Gasteiger partial charge in [0.25, 0.3) is 11.6 Å². The minimum Gasteiger partial charge on any atom is -0.491 e. The van der Waals surface area contributed by atoms with Gasteiger partial charge in [0.2, 0.25) is 0 Å². The van der Waals surface area contributed by atoms with Crippen LogP contribution in [-0.4, -0.2) is 36.4 Å². The van der Waals surface area contributed by atoms with E-state index in [1.807, 2.05) is 44.2 Å². The quantitative estimate of drug-likeness (QED) is 0.410. The third-order valence-electron chi connectivity index (χ3n) is 5.11. The molecule has 3 aromatic heterocycles. The SMILES string of the molecule is COCCOc1ccc(CNC(=O)c2cc(-c3cc(C)oc3C)nc3onc(C)c23)cc1. The fourth-order valence-electron chi connectivity index (χ4n) is 3.52. The summed E-state index contributed by atoms with van der Waals surface area (Å²) < 4.78 is 21.5. The van der Waals surface area contributed by atoms with E-state index in [4.69, 9.17) is 18.4 Å². The van der Waals surface area contributed by atoms with Crippen molar-refractivity contribution in [2.75, 3.05) is 20.3 Å². The lowest BCUT2D eigenvalue weighted by atomic mass is 10.1. The molecule has 0 aliphatic rings. The highest BCUT2D eigenvalue weighted by atomic mass is 16.5. The van der Waals surface area contributed by atoms with Crippen LogP contribution in [0.2, 0.25) is 0 Å². The van der Waals surface area contributed by atoms with Gasteiger partial charge in [0, 0.05) is 19.2 Å². The maximum absolute atomic E-state index is 13.1. The van der Waals surface area contributed by atoms with Crippen LogP contribution in [0.1, 0.15) is 33.1 Å². The van der Waals surface area contributed by atoms with E-state index in [-0.39, 0.29) is 5.91 Å². The zero-order valence-corrected chi connectivity index (χ0v) is 18.5. The summed E-state index contributed by atoms with van der Waals surface area (Å²) in [7, 11) is 1.63. The number of carbonyl (C=O) groups is 1. The molecule has 1 aromatic carbocycles. The Bertz CT molecular complexity index is 1240. The number of rotatable bonds is 8. The largest absolute Gasteiger partial charge is 0.491 e. The number of carbonyl (C=O) groups excluding carboxylic acids is 1. The standard InChI is InChI=1S/C24H25N3O5/c1-14-11-19(16(3)31-14)21-12-20(22-15(2)27-32-24(22)26-21)23(28)25-13-17-5-7-18(8-6-17)30-10-9-29-4/h5-8,11-12H,9-10,13H2,1-4H3,(H,25,28). The lowest BCUT2D eigenvalue weighted by Crippen LogP contribution is -2.23. The average molecular weight is 435 g/mol. The van der Waals surface area contributed by atoms with Crippen molar-refractivity contribution in [3.8, 4) is 17.0 Å². The number of methoxy groups -OCH3 is 1. The maximum atomic E-state index is 13.1. The summed E-state index contributed by atoms with van der Waals surface area (Å²) in [5, 5.41) is 7.57. The molecular weight excluding hydrogens is 410 g/mol. The highest BCUT2D eigenvalue weighted by Gasteiger charge is 2.21. The van der Waals surface area contributed by atoms with E-state index in [1.54, 1.807) is 20.1 Å². The maximum Gasteiger partial charge on any atom is 0.259 e. The van der Waals surface area contributed by atoms with Crippen molar-refractivity contribution in [3.05, 3.63) is 64.7 Å². The molecule has 4 rings (SSSR count). The molecule has 8 heteroatoms. The molecule has 1 N–H and O–H groups in total. The first kappa shape index (κ1) is 21.6. The van der Waals surface area contributed by atoms with Gasteiger partial charge in [-0.05, 0) is 50.6 Å². The number of ether oxygens (including phenoxy) is 2. The van der Waals surface area contributed by atoms with Gasteiger partial charge in [-0.25, -0.2) is 4.98 Å². The molecule has 0 saturated carbocycles. The second-order valence-electron chi connectivity index (χ2n) is 7.50. The highest BCUT2D eigenvalue weighted by Crippen LogP contribution is 2.30. The fraction of sp³-hybridized carbons (Fsp3) is 0.292. The van der Waals surface area contributed by atoms with Crippen LogP contribution in [-0.2, 0) is 11.3 Å². The van der Waals surface area contributed by atoms with E-state index in [2.05, 4.69) is 15.5 Å². The zero-order valence-electron chi connectivity index (χ0n) is 18.5. The van der Waals surface area contributed by atoms with Crippen LogP contribution >= 0.6 is 0 Å². The number of hydrogen-bond donors (Lipinski definition) is 1. The number of hydrogen-bond acceptors (Lipinski definition) is 7. The van der Waals surface area contributed by atoms with Gasteiger partial charge in [0.15, 0.2) is 0 Å². The lowest BCUT2D eigenvalue weighted by Gasteiger charge is -2.09. The fourth-order valence-corrected chi connectivity index (χ4v) is 3.52. The van der Waals surface area contributed by atoms with E-state index in [9.17, 15) is 4.79 Å². The zero-order chi connectivity index (χ0) is 22.7. The number of nitrogens with zero attached hydrogens (tertiary/aromatic N) is 2. The van der Waals surface area contributed by atoms with Crippen molar-refractivity contribution in [3.63, 3.8) is 0 Å². The van der Waals surface area contributed by atoms with E-state index >= 15 is 0 Å². The van der Waals surface area contributed by atoms with Crippen molar-refractivity contribution in [2.45, 2.75) is 27.3 Å². The second-order valence-corrected chi connectivity index (χ2v) is 7.50. The van der Waals surface area contributed by atoms with Gasteiger partial charge in [-0.3, -0.25) is 4.79 Å². The molecule has 0 bridgehead atoms. The van der Waals surface area contributed by atoms with E-state index in [0.29, 0.717) is 47.8 Å². The Balaban J connectivity index is 1.55. The molecule has 8 nitrogen and oxygen atoms in total. The smallest absolute Gasteiger partial charge is 0.259 e. The molecule has 32 heavy (non-hydrogen) atoms. The Morgan fingerprint density at radius 3 is 2.56 bits per heavy atom. The van der Waals surface area contributed by atoms with Gasteiger partial charge in [0.05, 0.1) is 28.9 Å². The first-order chi connectivity index (χ1) is 15.5. The molecule has 0 atom stereocenters. The van der Waals surface area contributed by atoms with Gasteiger partial charge in [0.1, 0.15) is 23.9 Å². The Morgan fingerprint density at radius 2 is 1.88 bits per heavy atom. The summed E-state index contributed by atoms with van der Waals surface area (Å²) >= 11 is 0. The molecule has 4 aromatic rings. The number of fused-ring (bicyclic) bond motifs is 1. The first-order valence-corrected chi connectivity index (χ1v) is 10.3. The van der Waals surface area contributed by atoms with Crippen LogP contribution in [0, 0.1) is 20.8 Å². The highest BCUT2D eigenvalue weighted by molar-refractivity contribution is 6.07. The second kappa shape index (κ2) is 9.23. The van der Waals surface area contributed by atoms with E-state index in [0.717, 1.165) is 28.4 Å². The lowest BCUT2D eigenvalue weighted by molar-refractivity contribution is 0.0952. The summed E-state index contributed by atoms with van der Waals surface area (Å²) in [6, 6.07) is 11.2. The third-order valence-corrected chi connectivity index (χ3v) is 5.11. The Hall–Kier alpha value is -3.65. The van der Waals surface area contributed by atoms with Gasteiger partial charge in [-0.2, -0.15) is 0 Å². The average Bonchev–Trinajstić information content (AvgIpc) is 3.33. The molecule has 3 heterocycles. The predicted molar refractivity (Wildman–Crippen MR) is 119 cm³/mol. The number of pyridine rings is 1. The van der Waals surface area contributed by atoms with E-state index < -0.39 is 0 Å². The number of benzene rings is 1. The minimum atomic E-state index is -0.233. The summed E-state index contributed by atoms with van der Waals surface area (Å²) in [5.41, 5.74) is 3.76. The molecule has 0 saturated heterocycles. The van der Waals surface area contributed by atoms with Crippen LogP contribution in [0.4, 0.5) is 0 Å². The topological polar surface area (TPSA) is 99.6 Å². The van der Waals surface area contributed by atoms with Crippen LogP contribution < -0.4 is 10.1 Å². The van der Waals surface area contributed by atoms with Crippen molar-refractivity contribution < 1.29 is 23.2 Å². The molecule has 166 valence electrons. The normalized spacial score (nSPS) is 11.1. The molecular formula is C24H25N3O5. The molecule has 1 amide bonds. The predicted octanol–water partition coefficient (Wildman–Crippen LogP) is 4.36. The van der Waals surface area contributed by atoms with Gasteiger partial charge >= 0.3 is 0 Å². The van der Waals surface area contributed by atoms with Crippen LogP contribution in [0.25, 0.3) is 22.4 Å². The van der Waals surface area contributed by atoms with Crippen molar-refractivity contribution in [1.82, 2.24) is 15.5 Å². The number of amides is 1. The van der Waals surface area contributed by atoms with Crippen molar-refractivity contribution in [2.24, 2.45) is 0 Å². The number of furan rings is 1. The third kappa shape index (κ3) is 4.50. The summed E-state index contributed by atoms with van der Waals surface area (Å²) in [5.74, 6) is 2.02. The monoisotopic (exact) mass is 435 g/mol. The molecule has 0 unspecified atom stereocenters. The Labute approximate surface area is 185 Å². The van der Waals surface area contributed by atoms with Crippen LogP contribution in [0.5, 0.6) is 5.75 Å². The molecule has 0 radical (unpaired) electrons. The van der Waals surface area contributed by atoms with Crippen LogP contribution in [0.15, 0.2) is 45.3 Å².